The predicted molar refractivity (Wildman–Crippen MR) is 129 cm³/mol. The summed E-state index contributed by atoms with van der Waals surface area (Å²) in [6, 6.07) is 18.3. The summed E-state index contributed by atoms with van der Waals surface area (Å²) in [4.78, 5) is 14.8. The summed E-state index contributed by atoms with van der Waals surface area (Å²) < 4.78 is 4.09. The third-order valence-electron chi connectivity index (χ3n) is 5.24. The van der Waals surface area contributed by atoms with Gasteiger partial charge in [-0.15, -0.1) is 6.42 Å². The SMILES string of the molecule is C#CCN.Cc1cncc2c1c1ccccc1n2C.Cn1c(C=O)cc2ccccc21. The van der Waals surface area contributed by atoms with Crippen molar-refractivity contribution < 1.29 is 4.79 Å². The molecule has 0 amide bonds. The van der Waals surface area contributed by atoms with Crippen molar-refractivity contribution in [1.82, 2.24) is 14.1 Å². The minimum atomic E-state index is 0.347. The van der Waals surface area contributed by atoms with Crippen LogP contribution in [-0.4, -0.2) is 26.9 Å². The van der Waals surface area contributed by atoms with Crippen molar-refractivity contribution >= 4 is 39.0 Å². The first-order chi connectivity index (χ1) is 15.0. The highest BCUT2D eigenvalue weighted by atomic mass is 16.1. The van der Waals surface area contributed by atoms with Crippen LogP contribution in [0.25, 0.3) is 32.7 Å². The van der Waals surface area contributed by atoms with Gasteiger partial charge in [0, 0.05) is 47.5 Å². The van der Waals surface area contributed by atoms with Crippen molar-refractivity contribution in [2.45, 2.75) is 6.92 Å². The normalized spacial score (nSPS) is 10.2. The van der Waals surface area contributed by atoms with E-state index < -0.39 is 0 Å². The zero-order chi connectivity index (χ0) is 22.4. The molecule has 0 aliphatic rings. The number of carbonyl (C=O) groups excluding carboxylic acids is 1. The summed E-state index contributed by atoms with van der Waals surface area (Å²) in [5.74, 6) is 2.21. The monoisotopic (exact) mass is 410 g/mol. The highest BCUT2D eigenvalue weighted by Gasteiger charge is 2.08. The fraction of sp³-hybridized carbons (Fsp3) is 0.154. The van der Waals surface area contributed by atoms with Crippen molar-refractivity contribution in [2.24, 2.45) is 19.8 Å². The van der Waals surface area contributed by atoms with Gasteiger partial charge in [-0.1, -0.05) is 42.3 Å². The number of aryl methyl sites for hydroxylation is 3. The molecule has 0 unspecified atom stereocenters. The number of terminal acetylenes is 1. The molecule has 0 aliphatic heterocycles. The van der Waals surface area contributed by atoms with Crippen LogP contribution >= 0.6 is 0 Å². The molecular formula is C26H26N4O. The topological polar surface area (TPSA) is 65.8 Å². The summed E-state index contributed by atoms with van der Waals surface area (Å²) in [5, 5.41) is 3.75. The number of aromatic nitrogens is 3. The second-order valence-corrected chi connectivity index (χ2v) is 7.14. The van der Waals surface area contributed by atoms with Crippen LogP contribution in [0.2, 0.25) is 0 Å². The Hall–Kier alpha value is -3.88. The minimum Gasteiger partial charge on any atom is -0.342 e. The van der Waals surface area contributed by atoms with Crippen LogP contribution in [0.5, 0.6) is 0 Å². The maximum Gasteiger partial charge on any atom is 0.166 e. The summed E-state index contributed by atoms with van der Waals surface area (Å²) >= 11 is 0. The number of nitrogens with zero attached hydrogens (tertiary/aromatic N) is 3. The summed E-state index contributed by atoms with van der Waals surface area (Å²) in [6.07, 6.45) is 9.39. The molecule has 0 radical (unpaired) electrons. The molecule has 3 aromatic heterocycles. The second-order valence-electron chi connectivity index (χ2n) is 7.14. The molecule has 0 aliphatic carbocycles. The molecule has 156 valence electrons. The first-order valence-electron chi connectivity index (χ1n) is 9.94. The molecule has 5 nitrogen and oxygen atoms in total. The Bertz CT molecular complexity index is 1390. The van der Waals surface area contributed by atoms with Crippen LogP contribution < -0.4 is 5.73 Å². The number of fused-ring (bicyclic) bond motifs is 4. The van der Waals surface area contributed by atoms with Gasteiger partial charge in [-0.25, -0.2) is 0 Å². The molecule has 0 saturated heterocycles. The summed E-state index contributed by atoms with van der Waals surface area (Å²) in [7, 11) is 3.98. The lowest BCUT2D eigenvalue weighted by Gasteiger charge is -1.97. The van der Waals surface area contributed by atoms with Gasteiger partial charge in [-0.3, -0.25) is 9.78 Å². The van der Waals surface area contributed by atoms with Gasteiger partial charge < -0.3 is 14.9 Å². The second kappa shape index (κ2) is 9.75. The van der Waals surface area contributed by atoms with Gasteiger partial charge in [0.05, 0.1) is 24.0 Å². The van der Waals surface area contributed by atoms with E-state index in [0.717, 1.165) is 22.9 Å². The number of nitrogens with two attached hydrogens (primary N) is 1. The average Bonchev–Trinajstić information content (AvgIpc) is 3.30. The van der Waals surface area contributed by atoms with E-state index >= 15 is 0 Å². The zero-order valence-electron chi connectivity index (χ0n) is 18.0. The summed E-state index contributed by atoms with van der Waals surface area (Å²) in [5.41, 5.74) is 10.3. The Morgan fingerprint density at radius 2 is 1.65 bits per heavy atom. The maximum atomic E-state index is 10.6. The van der Waals surface area contributed by atoms with Crippen molar-refractivity contribution in [3.63, 3.8) is 0 Å². The van der Waals surface area contributed by atoms with Crippen molar-refractivity contribution in [3.8, 4) is 12.3 Å². The molecular weight excluding hydrogens is 384 g/mol. The molecule has 31 heavy (non-hydrogen) atoms. The average molecular weight is 411 g/mol. The molecule has 2 aromatic carbocycles. The van der Waals surface area contributed by atoms with Gasteiger partial charge in [-0.05, 0) is 30.7 Å². The van der Waals surface area contributed by atoms with Gasteiger partial charge in [0.2, 0.25) is 0 Å². The highest BCUT2D eigenvalue weighted by molar-refractivity contribution is 6.09. The van der Waals surface area contributed by atoms with E-state index in [9.17, 15) is 4.79 Å². The lowest BCUT2D eigenvalue weighted by molar-refractivity contribution is 0.111. The fourth-order valence-corrected chi connectivity index (χ4v) is 3.69. The first kappa shape index (κ1) is 21.8. The molecule has 3 heterocycles. The Morgan fingerprint density at radius 3 is 2.29 bits per heavy atom. The van der Waals surface area contributed by atoms with E-state index in [4.69, 9.17) is 5.73 Å². The van der Waals surface area contributed by atoms with E-state index in [0.29, 0.717) is 6.54 Å². The molecule has 0 bridgehead atoms. The Balaban J connectivity index is 0.000000153. The number of aldehydes is 1. The van der Waals surface area contributed by atoms with Gasteiger partial charge in [0.15, 0.2) is 6.29 Å². The van der Waals surface area contributed by atoms with Crippen molar-refractivity contribution in [2.75, 3.05) is 6.54 Å². The summed E-state index contributed by atoms with van der Waals surface area (Å²) in [6.45, 7) is 2.46. The third kappa shape index (κ3) is 4.35. The van der Waals surface area contributed by atoms with E-state index in [2.05, 4.69) is 60.1 Å². The number of pyridine rings is 1. The zero-order valence-corrected chi connectivity index (χ0v) is 18.0. The lowest BCUT2D eigenvalue weighted by atomic mass is 10.1. The minimum absolute atomic E-state index is 0.347. The van der Waals surface area contributed by atoms with E-state index in [-0.39, 0.29) is 0 Å². The Morgan fingerprint density at radius 1 is 1.00 bits per heavy atom. The number of carbonyl (C=O) groups is 1. The molecule has 0 saturated carbocycles. The van der Waals surface area contributed by atoms with E-state index in [1.54, 1.807) is 0 Å². The lowest BCUT2D eigenvalue weighted by Crippen LogP contribution is -1.92. The predicted octanol–water partition coefficient (Wildman–Crippen LogP) is 4.60. The molecule has 5 aromatic rings. The molecule has 0 fully saturated rings. The number of para-hydroxylation sites is 2. The van der Waals surface area contributed by atoms with Crippen molar-refractivity contribution in [3.05, 3.63) is 78.2 Å². The van der Waals surface area contributed by atoms with Crippen LogP contribution in [0.1, 0.15) is 16.1 Å². The first-order valence-corrected chi connectivity index (χ1v) is 9.94. The van der Waals surface area contributed by atoms with Gasteiger partial charge >= 0.3 is 0 Å². The number of benzene rings is 2. The molecule has 2 N–H and O–H groups in total. The van der Waals surface area contributed by atoms with Gasteiger partial charge in [-0.2, -0.15) is 0 Å². The number of rotatable bonds is 1. The van der Waals surface area contributed by atoms with Crippen LogP contribution in [0.4, 0.5) is 0 Å². The standard InChI is InChI=1S/C13H12N2.C10H9NO.C3H5N/c1-9-7-14-8-12-13(9)10-5-3-4-6-11(10)15(12)2;1-11-9(7-12)6-8-4-2-3-5-10(8)11;1-2-3-4/h3-8H,1-2H3;2-7H,1H3;1H,3-4H2. The molecule has 0 spiro atoms. The largest absolute Gasteiger partial charge is 0.342 e. The van der Waals surface area contributed by atoms with Gasteiger partial charge in [0.25, 0.3) is 0 Å². The fourth-order valence-electron chi connectivity index (χ4n) is 3.69. The van der Waals surface area contributed by atoms with Crippen LogP contribution in [0, 0.1) is 19.3 Å². The maximum absolute atomic E-state index is 10.6. The molecule has 5 heteroatoms. The quantitative estimate of drug-likeness (QED) is 0.324. The smallest absolute Gasteiger partial charge is 0.166 e. The molecule has 0 atom stereocenters. The Kier molecular flexibility index (Phi) is 6.86. The highest BCUT2D eigenvalue weighted by Crippen LogP contribution is 2.29. The van der Waals surface area contributed by atoms with Crippen LogP contribution in [-0.2, 0) is 14.1 Å². The van der Waals surface area contributed by atoms with Crippen molar-refractivity contribution in [1.29, 1.82) is 0 Å². The number of hydrogen-bond donors (Lipinski definition) is 1. The number of hydrogen-bond acceptors (Lipinski definition) is 3. The molecule has 5 rings (SSSR count). The van der Waals surface area contributed by atoms with Crippen LogP contribution in [0.3, 0.4) is 0 Å². The Labute approximate surface area is 182 Å². The van der Waals surface area contributed by atoms with E-state index in [1.165, 1.54) is 27.4 Å². The van der Waals surface area contributed by atoms with Gasteiger partial charge in [0.1, 0.15) is 0 Å². The third-order valence-corrected chi connectivity index (χ3v) is 5.24. The van der Waals surface area contributed by atoms with E-state index in [1.807, 2.05) is 54.3 Å². The van der Waals surface area contributed by atoms with Crippen LogP contribution in [0.15, 0.2) is 67.0 Å².